The van der Waals surface area contributed by atoms with Crippen LogP contribution in [0.15, 0.2) is 18.2 Å². The van der Waals surface area contributed by atoms with Gasteiger partial charge in [0.05, 0.1) is 0 Å². The Hall–Kier alpha value is -1.55. The number of hydrogen-bond acceptors (Lipinski definition) is 4. The molecule has 1 aliphatic heterocycles. The molecule has 98 valence electrons. The lowest BCUT2D eigenvalue weighted by atomic mass is 10.1. The van der Waals surface area contributed by atoms with Gasteiger partial charge in [0.1, 0.15) is 6.61 Å². The maximum atomic E-state index is 11.9. The summed E-state index contributed by atoms with van der Waals surface area (Å²) in [4.78, 5) is 11.9. The Labute approximate surface area is 107 Å². The van der Waals surface area contributed by atoms with Gasteiger partial charge in [-0.05, 0) is 30.5 Å². The minimum absolute atomic E-state index is 0.0305. The maximum Gasteiger partial charge on any atom is 0.231 e. The van der Waals surface area contributed by atoms with E-state index in [1.807, 2.05) is 0 Å². The van der Waals surface area contributed by atoms with Crippen molar-refractivity contribution in [1.29, 1.82) is 0 Å². The van der Waals surface area contributed by atoms with Crippen LogP contribution in [-0.4, -0.2) is 25.8 Å². The Kier molecular flexibility index (Phi) is 4.20. The number of ketones is 1. The molecule has 0 atom stereocenters. The molecule has 4 heteroatoms. The average molecular weight is 250 g/mol. The van der Waals surface area contributed by atoms with Crippen molar-refractivity contribution in [3.05, 3.63) is 23.8 Å². The second-order valence-electron chi connectivity index (χ2n) is 4.73. The van der Waals surface area contributed by atoms with Gasteiger partial charge >= 0.3 is 0 Å². The summed E-state index contributed by atoms with van der Waals surface area (Å²) in [5, 5.41) is 0. The summed E-state index contributed by atoms with van der Waals surface area (Å²) in [6.07, 6.45) is 0.967. The van der Waals surface area contributed by atoms with Crippen molar-refractivity contribution in [1.82, 2.24) is 0 Å². The average Bonchev–Trinajstić information content (AvgIpc) is 2.81. The fourth-order valence-electron chi connectivity index (χ4n) is 1.64. The lowest BCUT2D eigenvalue weighted by Crippen LogP contribution is -2.10. The van der Waals surface area contributed by atoms with Crippen LogP contribution in [0.1, 0.15) is 30.6 Å². The second-order valence-corrected chi connectivity index (χ2v) is 4.73. The van der Waals surface area contributed by atoms with Crippen LogP contribution >= 0.6 is 0 Å². The van der Waals surface area contributed by atoms with Gasteiger partial charge in [-0.1, -0.05) is 13.8 Å². The first kappa shape index (κ1) is 12.9. The number of ether oxygens (including phenoxy) is 3. The summed E-state index contributed by atoms with van der Waals surface area (Å²) in [5.41, 5.74) is 0.601. The highest BCUT2D eigenvalue weighted by Crippen LogP contribution is 2.32. The van der Waals surface area contributed by atoms with Gasteiger partial charge in [-0.3, -0.25) is 4.79 Å². The number of fused-ring (bicyclic) bond motifs is 1. The maximum absolute atomic E-state index is 11.9. The fraction of sp³-hybridized carbons (Fsp3) is 0.500. The van der Waals surface area contributed by atoms with Gasteiger partial charge in [0.2, 0.25) is 6.79 Å². The first-order chi connectivity index (χ1) is 8.66. The molecule has 4 nitrogen and oxygen atoms in total. The summed E-state index contributed by atoms with van der Waals surface area (Å²) in [6, 6.07) is 5.20. The third kappa shape index (κ3) is 3.23. The second kappa shape index (κ2) is 5.87. The van der Waals surface area contributed by atoms with E-state index < -0.39 is 0 Å². The summed E-state index contributed by atoms with van der Waals surface area (Å²) >= 11 is 0. The summed E-state index contributed by atoms with van der Waals surface area (Å²) in [5.74, 6) is 1.87. The van der Waals surface area contributed by atoms with Gasteiger partial charge in [-0.2, -0.15) is 0 Å². The Morgan fingerprint density at radius 1 is 1.33 bits per heavy atom. The topological polar surface area (TPSA) is 44.8 Å². The summed E-state index contributed by atoms with van der Waals surface area (Å²) in [6.45, 7) is 5.21. The first-order valence-corrected chi connectivity index (χ1v) is 6.17. The van der Waals surface area contributed by atoms with E-state index in [-0.39, 0.29) is 19.2 Å². The number of hydrogen-bond donors (Lipinski definition) is 0. The highest BCUT2D eigenvalue weighted by molar-refractivity contribution is 5.97. The quantitative estimate of drug-likeness (QED) is 0.575. The molecule has 0 saturated heterocycles. The van der Waals surface area contributed by atoms with Gasteiger partial charge in [0.15, 0.2) is 17.3 Å². The van der Waals surface area contributed by atoms with Crippen molar-refractivity contribution in [2.24, 2.45) is 5.92 Å². The molecule has 0 fully saturated rings. The molecule has 0 saturated carbocycles. The smallest absolute Gasteiger partial charge is 0.231 e. The summed E-state index contributed by atoms with van der Waals surface area (Å²) in [7, 11) is 0. The lowest BCUT2D eigenvalue weighted by Gasteiger charge is -2.06. The Morgan fingerprint density at radius 2 is 2.11 bits per heavy atom. The zero-order valence-electron chi connectivity index (χ0n) is 10.8. The minimum Gasteiger partial charge on any atom is -0.454 e. The van der Waals surface area contributed by atoms with Gasteiger partial charge in [-0.15, -0.1) is 0 Å². The molecule has 0 unspecified atom stereocenters. The van der Waals surface area contributed by atoms with Gasteiger partial charge < -0.3 is 14.2 Å². The monoisotopic (exact) mass is 250 g/mol. The zero-order valence-corrected chi connectivity index (χ0v) is 10.8. The molecule has 0 radical (unpaired) electrons. The normalized spacial score (nSPS) is 13.1. The van der Waals surface area contributed by atoms with E-state index in [9.17, 15) is 4.79 Å². The number of carbonyl (C=O) groups excluding carboxylic acids is 1. The van der Waals surface area contributed by atoms with Crippen LogP contribution in [-0.2, 0) is 4.74 Å². The largest absolute Gasteiger partial charge is 0.454 e. The van der Waals surface area contributed by atoms with Crippen LogP contribution in [0, 0.1) is 5.92 Å². The van der Waals surface area contributed by atoms with Crippen LogP contribution in [0.3, 0.4) is 0 Å². The van der Waals surface area contributed by atoms with Crippen LogP contribution in [0.25, 0.3) is 0 Å². The Bertz CT molecular complexity index is 426. The van der Waals surface area contributed by atoms with Crippen molar-refractivity contribution in [3.8, 4) is 11.5 Å². The number of carbonyl (C=O) groups is 1. The molecule has 18 heavy (non-hydrogen) atoms. The van der Waals surface area contributed by atoms with Crippen molar-refractivity contribution < 1.29 is 19.0 Å². The van der Waals surface area contributed by atoms with E-state index in [0.29, 0.717) is 29.6 Å². The van der Waals surface area contributed by atoms with Crippen molar-refractivity contribution in [2.45, 2.75) is 20.3 Å². The molecule has 0 amide bonds. The molecule has 2 rings (SSSR count). The highest BCUT2D eigenvalue weighted by atomic mass is 16.7. The standard InChI is InChI=1S/C14H18O4/c1-10(2)5-6-16-8-12(15)11-3-4-13-14(7-11)18-9-17-13/h3-4,7,10H,5-6,8-9H2,1-2H3. The molecular weight excluding hydrogens is 232 g/mol. The van der Waals surface area contributed by atoms with Crippen LogP contribution in [0.5, 0.6) is 11.5 Å². The lowest BCUT2D eigenvalue weighted by molar-refractivity contribution is 0.0739. The molecular formula is C14H18O4. The SMILES string of the molecule is CC(C)CCOCC(=O)c1ccc2c(c1)OCO2. The molecule has 0 N–H and O–H groups in total. The molecule has 1 aliphatic rings. The van der Waals surface area contributed by atoms with Gasteiger partial charge in [-0.25, -0.2) is 0 Å². The summed E-state index contributed by atoms with van der Waals surface area (Å²) < 4.78 is 15.8. The van der Waals surface area contributed by atoms with Crippen LogP contribution in [0.2, 0.25) is 0 Å². The van der Waals surface area contributed by atoms with Crippen molar-refractivity contribution in [3.63, 3.8) is 0 Å². The Balaban J connectivity index is 1.85. The molecule has 1 aromatic rings. The molecule has 1 heterocycles. The van der Waals surface area contributed by atoms with Crippen molar-refractivity contribution >= 4 is 5.78 Å². The fourth-order valence-corrected chi connectivity index (χ4v) is 1.64. The van der Waals surface area contributed by atoms with Crippen LogP contribution in [0.4, 0.5) is 0 Å². The minimum atomic E-state index is -0.0305. The number of benzene rings is 1. The highest BCUT2D eigenvalue weighted by Gasteiger charge is 2.16. The van der Waals surface area contributed by atoms with E-state index in [1.165, 1.54) is 0 Å². The molecule has 0 bridgehead atoms. The predicted octanol–water partition coefficient (Wildman–Crippen LogP) is 2.66. The van der Waals surface area contributed by atoms with E-state index >= 15 is 0 Å². The number of rotatable bonds is 6. The third-order valence-corrected chi connectivity index (χ3v) is 2.77. The molecule has 0 aromatic heterocycles. The zero-order chi connectivity index (χ0) is 13.0. The van der Waals surface area contributed by atoms with E-state index in [1.54, 1.807) is 18.2 Å². The van der Waals surface area contributed by atoms with E-state index in [2.05, 4.69) is 13.8 Å². The van der Waals surface area contributed by atoms with Crippen molar-refractivity contribution in [2.75, 3.05) is 20.0 Å². The van der Waals surface area contributed by atoms with E-state index in [0.717, 1.165) is 6.42 Å². The Morgan fingerprint density at radius 3 is 2.89 bits per heavy atom. The molecule has 1 aromatic carbocycles. The molecule has 0 spiro atoms. The third-order valence-electron chi connectivity index (χ3n) is 2.77. The van der Waals surface area contributed by atoms with Gasteiger partial charge in [0, 0.05) is 12.2 Å². The van der Waals surface area contributed by atoms with Crippen LogP contribution < -0.4 is 9.47 Å². The number of Topliss-reactive ketones (excluding diaryl/α,β-unsaturated/α-hetero) is 1. The molecule has 0 aliphatic carbocycles. The van der Waals surface area contributed by atoms with E-state index in [4.69, 9.17) is 14.2 Å². The van der Waals surface area contributed by atoms with Gasteiger partial charge in [0.25, 0.3) is 0 Å². The predicted molar refractivity (Wildman–Crippen MR) is 67.2 cm³/mol. The first-order valence-electron chi connectivity index (χ1n) is 6.17.